The number of phenolic OH excluding ortho intramolecular Hbond substituents is 1. The quantitative estimate of drug-likeness (QED) is 0.795. The molecule has 0 aliphatic carbocycles. The van der Waals surface area contributed by atoms with Gasteiger partial charge in [0.1, 0.15) is 12.4 Å². The Morgan fingerprint density at radius 1 is 1.33 bits per heavy atom. The van der Waals surface area contributed by atoms with Gasteiger partial charge in [0.15, 0.2) is 0 Å². The molecule has 0 radical (unpaired) electrons. The number of halogens is 3. The second-order valence-electron chi connectivity index (χ2n) is 3.44. The number of hydrogen-bond acceptors (Lipinski definition) is 3. The third kappa shape index (κ3) is 5.05. The first kappa shape index (κ1) is 14.3. The molecule has 18 heavy (non-hydrogen) atoms. The standard InChI is InChI=1S/C11H12F3NO3/c12-11(13,14)7-18-6-5-15-10(17)8-3-1-2-4-9(8)16/h1-4,16H,5-7H2,(H,15,17). The third-order valence-corrected chi connectivity index (χ3v) is 1.95. The normalized spacial score (nSPS) is 11.3. The lowest BCUT2D eigenvalue weighted by atomic mass is 10.2. The van der Waals surface area contributed by atoms with Gasteiger partial charge in [-0.2, -0.15) is 13.2 Å². The van der Waals surface area contributed by atoms with Crippen LogP contribution in [0.4, 0.5) is 13.2 Å². The Morgan fingerprint density at radius 3 is 2.61 bits per heavy atom. The second-order valence-corrected chi connectivity index (χ2v) is 3.44. The Bertz CT molecular complexity index is 407. The molecule has 0 aliphatic rings. The highest BCUT2D eigenvalue weighted by molar-refractivity contribution is 5.96. The minimum Gasteiger partial charge on any atom is -0.507 e. The van der Waals surface area contributed by atoms with Crippen molar-refractivity contribution in [2.24, 2.45) is 0 Å². The number of aromatic hydroxyl groups is 1. The molecule has 0 unspecified atom stereocenters. The topological polar surface area (TPSA) is 58.6 Å². The number of carbonyl (C=O) groups excluding carboxylic acids is 1. The van der Waals surface area contributed by atoms with Crippen molar-refractivity contribution in [1.29, 1.82) is 0 Å². The van der Waals surface area contributed by atoms with Crippen LogP contribution in [0.5, 0.6) is 5.75 Å². The first-order valence-electron chi connectivity index (χ1n) is 5.11. The molecule has 1 rings (SSSR count). The van der Waals surface area contributed by atoms with Gasteiger partial charge in [0, 0.05) is 6.54 Å². The Morgan fingerprint density at radius 2 is 2.00 bits per heavy atom. The average molecular weight is 263 g/mol. The lowest BCUT2D eigenvalue weighted by Gasteiger charge is -2.09. The molecule has 0 spiro atoms. The molecule has 4 nitrogen and oxygen atoms in total. The summed E-state index contributed by atoms with van der Waals surface area (Å²) in [6.07, 6.45) is -4.37. The van der Waals surface area contributed by atoms with Crippen molar-refractivity contribution in [2.45, 2.75) is 6.18 Å². The lowest BCUT2D eigenvalue weighted by molar-refractivity contribution is -0.173. The van der Waals surface area contributed by atoms with Gasteiger partial charge in [0.25, 0.3) is 5.91 Å². The fourth-order valence-corrected chi connectivity index (χ4v) is 1.19. The summed E-state index contributed by atoms with van der Waals surface area (Å²) >= 11 is 0. The molecule has 0 atom stereocenters. The van der Waals surface area contributed by atoms with Gasteiger partial charge in [-0.3, -0.25) is 4.79 Å². The van der Waals surface area contributed by atoms with E-state index in [4.69, 9.17) is 0 Å². The number of carbonyl (C=O) groups is 1. The molecule has 0 heterocycles. The van der Waals surface area contributed by atoms with E-state index in [9.17, 15) is 23.1 Å². The van der Waals surface area contributed by atoms with Crippen LogP contribution >= 0.6 is 0 Å². The minimum atomic E-state index is -4.37. The van der Waals surface area contributed by atoms with E-state index >= 15 is 0 Å². The molecule has 1 aromatic carbocycles. The summed E-state index contributed by atoms with van der Waals surface area (Å²) in [5.74, 6) is -0.755. The Hall–Kier alpha value is -1.76. The molecular formula is C11H12F3NO3. The largest absolute Gasteiger partial charge is 0.507 e. The minimum absolute atomic E-state index is 0.0633. The lowest BCUT2D eigenvalue weighted by Crippen LogP contribution is -2.28. The molecule has 100 valence electrons. The molecule has 0 bridgehead atoms. The molecular weight excluding hydrogens is 251 g/mol. The zero-order chi connectivity index (χ0) is 13.6. The van der Waals surface area contributed by atoms with Crippen molar-refractivity contribution in [3.8, 4) is 5.75 Å². The summed E-state index contributed by atoms with van der Waals surface area (Å²) < 4.78 is 39.5. The monoisotopic (exact) mass is 263 g/mol. The fraction of sp³-hybridized carbons (Fsp3) is 0.364. The van der Waals surface area contributed by atoms with E-state index in [1.807, 2.05) is 0 Å². The number of ether oxygens (including phenoxy) is 1. The number of alkyl halides is 3. The maximum absolute atomic E-state index is 11.7. The number of para-hydroxylation sites is 1. The molecule has 7 heteroatoms. The van der Waals surface area contributed by atoms with Crippen molar-refractivity contribution < 1.29 is 27.8 Å². The van der Waals surface area contributed by atoms with Gasteiger partial charge in [-0.25, -0.2) is 0 Å². The fourth-order valence-electron chi connectivity index (χ4n) is 1.19. The summed E-state index contributed by atoms with van der Waals surface area (Å²) in [4.78, 5) is 11.5. The van der Waals surface area contributed by atoms with Gasteiger partial charge in [0.2, 0.25) is 0 Å². The summed E-state index contributed by atoms with van der Waals surface area (Å²) in [6.45, 7) is -1.67. The number of phenols is 1. The number of rotatable bonds is 5. The molecule has 0 saturated carbocycles. The van der Waals surface area contributed by atoms with Crippen LogP contribution in [0.3, 0.4) is 0 Å². The van der Waals surface area contributed by atoms with Crippen molar-refractivity contribution in [3.05, 3.63) is 29.8 Å². The molecule has 2 N–H and O–H groups in total. The highest BCUT2D eigenvalue weighted by atomic mass is 19.4. The second kappa shape index (κ2) is 6.25. The first-order chi connectivity index (χ1) is 8.40. The van der Waals surface area contributed by atoms with Crippen LogP contribution in [-0.2, 0) is 4.74 Å². The number of amides is 1. The van der Waals surface area contributed by atoms with E-state index in [-0.39, 0.29) is 24.5 Å². The summed E-state index contributed by atoms with van der Waals surface area (Å²) in [5, 5.41) is 11.7. The van der Waals surface area contributed by atoms with E-state index in [1.54, 1.807) is 12.1 Å². The number of nitrogens with one attached hydrogen (secondary N) is 1. The van der Waals surface area contributed by atoms with Gasteiger partial charge in [-0.15, -0.1) is 0 Å². The Kier molecular flexibility index (Phi) is 4.96. The van der Waals surface area contributed by atoms with Gasteiger partial charge < -0.3 is 15.2 Å². The molecule has 0 saturated heterocycles. The maximum Gasteiger partial charge on any atom is 0.411 e. The zero-order valence-electron chi connectivity index (χ0n) is 9.33. The molecule has 1 aromatic rings. The van der Waals surface area contributed by atoms with Crippen molar-refractivity contribution in [2.75, 3.05) is 19.8 Å². The summed E-state index contributed by atoms with van der Waals surface area (Å²) in [7, 11) is 0. The maximum atomic E-state index is 11.7. The van der Waals surface area contributed by atoms with Crippen molar-refractivity contribution >= 4 is 5.91 Å². The van der Waals surface area contributed by atoms with Crippen LogP contribution in [0.1, 0.15) is 10.4 Å². The Balaban J connectivity index is 2.28. The molecule has 1 amide bonds. The summed E-state index contributed by atoms with van der Waals surface area (Å²) in [6, 6.07) is 5.86. The Labute approximate surface area is 101 Å². The predicted molar refractivity (Wildman–Crippen MR) is 57.3 cm³/mol. The van der Waals surface area contributed by atoms with Crippen LogP contribution in [0.25, 0.3) is 0 Å². The van der Waals surface area contributed by atoms with Crippen LogP contribution in [0.2, 0.25) is 0 Å². The molecule has 0 aliphatic heterocycles. The van der Waals surface area contributed by atoms with Crippen LogP contribution in [0, 0.1) is 0 Å². The van der Waals surface area contributed by atoms with E-state index in [0.717, 1.165) is 0 Å². The molecule has 0 aromatic heterocycles. The number of hydrogen-bond donors (Lipinski definition) is 2. The molecule has 0 fully saturated rings. The van der Waals surface area contributed by atoms with Crippen LogP contribution in [0.15, 0.2) is 24.3 Å². The third-order valence-electron chi connectivity index (χ3n) is 1.95. The highest BCUT2D eigenvalue weighted by Crippen LogP contribution is 2.15. The van der Waals surface area contributed by atoms with Crippen LogP contribution < -0.4 is 5.32 Å². The number of benzene rings is 1. The zero-order valence-corrected chi connectivity index (χ0v) is 9.33. The smallest absolute Gasteiger partial charge is 0.411 e. The SMILES string of the molecule is O=C(NCCOCC(F)(F)F)c1ccccc1O. The van der Waals surface area contributed by atoms with E-state index in [1.165, 1.54) is 12.1 Å². The van der Waals surface area contributed by atoms with E-state index < -0.39 is 18.7 Å². The highest BCUT2D eigenvalue weighted by Gasteiger charge is 2.27. The van der Waals surface area contributed by atoms with E-state index in [0.29, 0.717) is 0 Å². The average Bonchev–Trinajstić information content (AvgIpc) is 2.27. The van der Waals surface area contributed by atoms with E-state index in [2.05, 4.69) is 10.1 Å². The van der Waals surface area contributed by atoms with Gasteiger partial charge in [-0.05, 0) is 12.1 Å². The van der Waals surface area contributed by atoms with Crippen molar-refractivity contribution in [1.82, 2.24) is 5.32 Å². The van der Waals surface area contributed by atoms with Crippen LogP contribution in [-0.4, -0.2) is 36.9 Å². The van der Waals surface area contributed by atoms with Gasteiger partial charge in [0.05, 0.1) is 12.2 Å². The van der Waals surface area contributed by atoms with Gasteiger partial charge in [-0.1, -0.05) is 12.1 Å². The van der Waals surface area contributed by atoms with Gasteiger partial charge >= 0.3 is 6.18 Å². The first-order valence-corrected chi connectivity index (χ1v) is 5.11. The van der Waals surface area contributed by atoms with Crippen molar-refractivity contribution in [3.63, 3.8) is 0 Å². The summed E-state index contributed by atoms with van der Waals surface area (Å²) in [5.41, 5.74) is 0.0633. The predicted octanol–water partition coefficient (Wildman–Crippen LogP) is 1.70.